The van der Waals surface area contributed by atoms with Crippen LogP contribution in [-0.2, 0) is 19.5 Å². The van der Waals surface area contributed by atoms with E-state index in [4.69, 9.17) is 0 Å². The van der Waals surface area contributed by atoms with Crippen molar-refractivity contribution in [1.82, 2.24) is 4.90 Å². The molecule has 3 nitrogen and oxygen atoms in total. The van der Waals surface area contributed by atoms with Gasteiger partial charge < -0.3 is 10.0 Å². The van der Waals surface area contributed by atoms with Crippen molar-refractivity contribution in [3.63, 3.8) is 0 Å². The van der Waals surface area contributed by atoms with Crippen LogP contribution in [0.25, 0.3) is 0 Å². The Morgan fingerprint density at radius 2 is 1.41 bits per heavy atom. The molecule has 1 heterocycles. The molecular formula is C26H30N2O. The predicted molar refractivity (Wildman–Crippen MR) is 120 cm³/mol. The van der Waals surface area contributed by atoms with E-state index in [1.165, 1.54) is 22.4 Å². The summed E-state index contributed by atoms with van der Waals surface area (Å²) in [5.41, 5.74) is 5.16. The summed E-state index contributed by atoms with van der Waals surface area (Å²) in [6.45, 7) is 4.62. The zero-order valence-corrected chi connectivity index (χ0v) is 17.0. The van der Waals surface area contributed by atoms with Gasteiger partial charge in [0, 0.05) is 44.8 Å². The Morgan fingerprint density at radius 1 is 0.759 bits per heavy atom. The second kappa shape index (κ2) is 9.73. The normalized spacial score (nSPS) is 16.0. The fourth-order valence-electron chi connectivity index (χ4n) is 4.25. The average molecular weight is 387 g/mol. The first-order valence-corrected chi connectivity index (χ1v) is 10.6. The van der Waals surface area contributed by atoms with E-state index in [1.807, 2.05) is 18.2 Å². The third kappa shape index (κ3) is 5.47. The average Bonchev–Trinajstić information content (AvgIpc) is 2.73. The minimum absolute atomic E-state index is 0.370. The topological polar surface area (TPSA) is 26.7 Å². The lowest BCUT2D eigenvalue weighted by molar-refractivity contribution is 0.178. The standard InChI is InChI=1S/C26H30N2O/c29-25(18-22-10-3-1-4-11-22)21-28-17-9-16-27(19-23-12-5-2-6-13-23)20-24-14-7-8-15-26(24)28/h1-8,10-15,25,29H,9,16-21H2. The Labute approximate surface area is 174 Å². The molecule has 0 radical (unpaired) electrons. The fraction of sp³-hybridized carbons (Fsp3) is 0.308. The number of aliphatic hydroxyl groups excluding tert-OH is 1. The van der Waals surface area contributed by atoms with Crippen molar-refractivity contribution in [3.8, 4) is 0 Å². The summed E-state index contributed by atoms with van der Waals surface area (Å²) in [6.07, 6.45) is 1.42. The number of aliphatic hydroxyl groups is 1. The lowest BCUT2D eigenvalue weighted by Crippen LogP contribution is -2.38. The molecule has 0 spiro atoms. The molecule has 0 bridgehead atoms. The molecule has 0 saturated heterocycles. The van der Waals surface area contributed by atoms with Gasteiger partial charge in [0.15, 0.2) is 0 Å². The molecule has 0 amide bonds. The lowest BCUT2D eigenvalue weighted by Gasteiger charge is -2.34. The van der Waals surface area contributed by atoms with Gasteiger partial charge in [0.1, 0.15) is 0 Å². The van der Waals surface area contributed by atoms with Crippen LogP contribution in [0.15, 0.2) is 84.9 Å². The molecule has 150 valence electrons. The zero-order valence-electron chi connectivity index (χ0n) is 17.0. The maximum atomic E-state index is 10.7. The van der Waals surface area contributed by atoms with Crippen LogP contribution in [0.2, 0.25) is 0 Å². The molecule has 0 fully saturated rings. The minimum Gasteiger partial charge on any atom is -0.391 e. The van der Waals surface area contributed by atoms with Crippen molar-refractivity contribution in [2.75, 3.05) is 24.5 Å². The number of nitrogens with zero attached hydrogens (tertiary/aromatic N) is 2. The Hall–Kier alpha value is -2.62. The Balaban J connectivity index is 1.46. The van der Waals surface area contributed by atoms with Gasteiger partial charge in [0.05, 0.1) is 6.10 Å². The van der Waals surface area contributed by atoms with Crippen LogP contribution < -0.4 is 4.90 Å². The van der Waals surface area contributed by atoms with Crippen molar-refractivity contribution < 1.29 is 5.11 Å². The molecule has 3 aromatic carbocycles. The summed E-state index contributed by atoms with van der Waals surface area (Å²) in [5.74, 6) is 0. The number of hydrogen-bond acceptors (Lipinski definition) is 3. The molecule has 1 N–H and O–H groups in total. The highest BCUT2D eigenvalue weighted by molar-refractivity contribution is 5.54. The highest BCUT2D eigenvalue weighted by Gasteiger charge is 2.20. The van der Waals surface area contributed by atoms with Gasteiger partial charge in [-0.15, -0.1) is 0 Å². The molecule has 1 unspecified atom stereocenters. The number of anilines is 1. The third-order valence-corrected chi connectivity index (χ3v) is 5.62. The van der Waals surface area contributed by atoms with E-state index in [9.17, 15) is 5.11 Å². The summed E-state index contributed by atoms with van der Waals surface area (Å²) in [6, 6.07) is 29.7. The van der Waals surface area contributed by atoms with Crippen LogP contribution in [0.4, 0.5) is 5.69 Å². The summed E-state index contributed by atoms with van der Waals surface area (Å²) in [5, 5.41) is 10.7. The van der Waals surface area contributed by atoms with Gasteiger partial charge in [0.2, 0.25) is 0 Å². The van der Waals surface area contributed by atoms with E-state index >= 15 is 0 Å². The summed E-state index contributed by atoms with van der Waals surface area (Å²) >= 11 is 0. The SMILES string of the molecule is OC(Cc1ccccc1)CN1CCCN(Cc2ccccc2)Cc2ccccc21. The van der Waals surface area contributed by atoms with Crippen LogP contribution in [-0.4, -0.2) is 35.7 Å². The van der Waals surface area contributed by atoms with E-state index in [0.29, 0.717) is 13.0 Å². The minimum atomic E-state index is -0.370. The van der Waals surface area contributed by atoms with E-state index in [-0.39, 0.29) is 6.10 Å². The molecule has 29 heavy (non-hydrogen) atoms. The highest BCUT2D eigenvalue weighted by atomic mass is 16.3. The Morgan fingerprint density at radius 3 is 2.17 bits per heavy atom. The molecule has 3 aromatic rings. The predicted octanol–water partition coefficient (Wildman–Crippen LogP) is 4.50. The number of benzene rings is 3. The maximum absolute atomic E-state index is 10.7. The van der Waals surface area contributed by atoms with Crippen molar-refractivity contribution in [2.45, 2.75) is 32.0 Å². The summed E-state index contributed by atoms with van der Waals surface area (Å²) < 4.78 is 0. The molecule has 1 atom stereocenters. The van der Waals surface area contributed by atoms with Crippen LogP contribution in [0.3, 0.4) is 0 Å². The number of para-hydroxylation sites is 1. The molecule has 1 aliphatic heterocycles. The third-order valence-electron chi connectivity index (χ3n) is 5.62. The van der Waals surface area contributed by atoms with Crippen LogP contribution in [0.5, 0.6) is 0 Å². The molecule has 3 heteroatoms. The van der Waals surface area contributed by atoms with Crippen LogP contribution in [0, 0.1) is 0 Å². The fourth-order valence-corrected chi connectivity index (χ4v) is 4.25. The van der Waals surface area contributed by atoms with Gasteiger partial charge in [-0.25, -0.2) is 0 Å². The van der Waals surface area contributed by atoms with Gasteiger partial charge in [-0.2, -0.15) is 0 Å². The zero-order chi connectivity index (χ0) is 19.9. The van der Waals surface area contributed by atoms with Crippen LogP contribution in [0.1, 0.15) is 23.1 Å². The van der Waals surface area contributed by atoms with E-state index in [1.54, 1.807) is 0 Å². The first-order valence-electron chi connectivity index (χ1n) is 10.6. The van der Waals surface area contributed by atoms with E-state index in [2.05, 4.69) is 76.5 Å². The smallest absolute Gasteiger partial charge is 0.0755 e. The van der Waals surface area contributed by atoms with Crippen molar-refractivity contribution >= 4 is 5.69 Å². The summed E-state index contributed by atoms with van der Waals surface area (Å²) in [4.78, 5) is 4.91. The maximum Gasteiger partial charge on any atom is 0.0755 e. The molecule has 4 rings (SSSR count). The first-order chi connectivity index (χ1) is 14.3. The lowest BCUT2D eigenvalue weighted by atomic mass is 10.0. The number of hydrogen-bond donors (Lipinski definition) is 1. The van der Waals surface area contributed by atoms with Gasteiger partial charge in [-0.1, -0.05) is 78.9 Å². The molecular weight excluding hydrogens is 356 g/mol. The van der Waals surface area contributed by atoms with E-state index in [0.717, 1.165) is 32.6 Å². The van der Waals surface area contributed by atoms with Crippen LogP contribution >= 0.6 is 0 Å². The highest BCUT2D eigenvalue weighted by Crippen LogP contribution is 2.26. The number of β-amino-alcohol motifs (C(OH)–C–C–N with tert-alkyl or cyclic N) is 1. The molecule has 0 aliphatic carbocycles. The van der Waals surface area contributed by atoms with Crippen molar-refractivity contribution in [2.24, 2.45) is 0 Å². The Bertz CT molecular complexity index is 881. The second-order valence-corrected chi connectivity index (χ2v) is 7.97. The van der Waals surface area contributed by atoms with Gasteiger partial charge in [-0.3, -0.25) is 4.90 Å². The molecule has 1 aliphatic rings. The monoisotopic (exact) mass is 386 g/mol. The largest absolute Gasteiger partial charge is 0.391 e. The van der Waals surface area contributed by atoms with Gasteiger partial charge in [-0.05, 0) is 29.2 Å². The second-order valence-electron chi connectivity index (χ2n) is 7.97. The first kappa shape index (κ1) is 19.7. The molecule has 0 aromatic heterocycles. The van der Waals surface area contributed by atoms with Crippen molar-refractivity contribution in [1.29, 1.82) is 0 Å². The Kier molecular flexibility index (Phi) is 6.60. The van der Waals surface area contributed by atoms with E-state index < -0.39 is 0 Å². The quantitative estimate of drug-likeness (QED) is 0.676. The molecule has 0 saturated carbocycles. The van der Waals surface area contributed by atoms with Gasteiger partial charge >= 0.3 is 0 Å². The number of rotatable bonds is 6. The van der Waals surface area contributed by atoms with Gasteiger partial charge in [0.25, 0.3) is 0 Å². The summed E-state index contributed by atoms with van der Waals surface area (Å²) in [7, 11) is 0. The van der Waals surface area contributed by atoms with Crippen molar-refractivity contribution in [3.05, 3.63) is 102 Å². The number of fused-ring (bicyclic) bond motifs is 1.